The summed E-state index contributed by atoms with van der Waals surface area (Å²) in [5.74, 6) is 0.477. The third-order valence-electron chi connectivity index (χ3n) is 2.69. The Hall–Kier alpha value is -1.69. The van der Waals surface area contributed by atoms with E-state index in [4.69, 9.17) is 10.5 Å². The highest BCUT2D eigenvalue weighted by atomic mass is 79.9. The SMILES string of the molecule is CCc1nc(-c2ccc(OC)c(F)c2)nc(N)c1Br. The van der Waals surface area contributed by atoms with Gasteiger partial charge >= 0.3 is 0 Å². The second-order valence-electron chi connectivity index (χ2n) is 3.90. The van der Waals surface area contributed by atoms with Gasteiger partial charge in [0.15, 0.2) is 17.4 Å². The molecule has 1 aromatic carbocycles. The molecular weight excluding hydrogens is 313 g/mol. The van der Waals surface area contributed by atoms with Crippen LogP contribution in [0.25, 0.3) is 11.4 Å². The van der Waals surface area contributed by atoms with Gasteiger partial charge in [0, 0.05) is 5.56 Å². The van der Waals surface area contributed by atoms with Gasteiger partial charge in [-0.05, 0) is 40.5 Å². The number of anilines is 1. The molecule has 0 atom stereocenters. The van der Waals surface area contributed by atoms with Gasteiger partial charge in [0.25, 0.3) is 0 Å². The van der Waals surface area contributed by atoms with Crippen LogP contribution in [-0.2, 0) is 6.42 Å². The maximum atomic E-state index is 13.7. The summed E-state index contributed by atoms with van der Waals surface area (Å²) in [4.78, 5) is 8.53. The lowest BCUT2D eigenvalue weighted by molar-refractivity contribution is 0.386. The first-order valence-electron chi connectivity index (χ1n) is 5.72. The van der Waals surface area contributed by atoms with Gasteiger partial charge in [-0.15, -0.1) is 0 Å². The smallest absolute Gasteiger partial charge is 0.165 e. The van der Waals surface area contributed by atoms with Crippen molar-refractivity contribution in [2.24, 2.45) is 0 Å². The van der Waals surface area contributed by atoms with Gasteiger partial charge in [0.05, 0.1) is 17.3 Å². The largest absolute Gasteiger partial charge is 0.494 e. The number of halogens is 2. The average Bonchev–Trinajstić information content (AvgIpc) is 2.41. The quantitative estimate of drug-likeness (QED) is 0.941. The number of rotatable bonds is 3. The Morgan fingerprint density at radius 1 is 1.37 bits per heavy atom. The van der Waals surface area contributed by atoms with Crippen LogP contribution in [0.15, 0.2) is 22.7 Å². The molecule has 0 radical (unpaired) electrons. The Labute approximate surface area is 119 Å². The van der Waals surface area contributed by atoms with Crippen LogP contribution < -0.4 is 10.5 Å². The Balaban J connectivity index is 2.53. The van der Waals surface area contributed by atoms with Gasteiger partial charge in [-0.3, -0.25) is 0 Å². The number of ether oxygens (including phenoxy) is 1. The van der Waals surface area contributed by atoms with E-state index in [2.05, 4.69) is 25.9 Å². The summed E-state index contributed by atoms with van der Waals surface area (Å²) >= 11 is 3.34. The van der Waals surface area contributed by atoms with E-state index >= 15 is 0 Å². The van der Waals surface area contributed by atoms with E-state index < -0.39 is 5.82 Å². The molecule has 1 heterocycles. The molecule has 19 heavy (non-hydrogen) atoms. The van der Waals surface area contributed by atoms with Gasteiger partial charge < -0.3 is 10.5 Å². The van der Waals surface area contributed by atoms with E-state index in [1.54, 1.807) is 6.07 Å². The van der Waals surface area contributed by atoms with E-state index in [1.165, 1.54) is 19.2 Å². The van der Waals surface area contributed by atoms with Crippen LogP contribution >= 0.6 is 15.9 Å². The highest BCUT2D eigenvalue weighted by molar-refractivity contribution is 9.10. The molecule has 0 saturated heterocycles. The standard InChI is InChI=1S/C13H13BrFN3O/c1-3-9-11(14)12(16)18-13(17-9)7-4-5-10(19-2)8(15)6-7/h4-6H,3H2,1-2H3,(H2,16,17,18). The number of nitrogen functional groups attached to an aromatic ring is 1. The molecule has 0 aliphatic heterocycles. The minimum Gasteiger partial charge on any atom is -0.494 e. The zero-order valence-corrected chi connectivity index (χ0v) is 12.2. The first-order chi connectivity index (χ1) is 9.06. The minimum absolute atomic E-state index is 0.185. The third kappa shape index (κ3) is 2.68. The van der Waals surface area contributed by atoms with Crippen molar-refractivity contribution >= 4 is 21.7 Å². The molecule has 1 aromatic heterocycles. The molecule has 0 spiro atoms. The van der Waals surface area contributed by atoms with Gasteiger partial charge in [-0.25, -0.2) is 14.4 Å². The van der Waals surface area contributed by atoms with Crippen LogP contribution in [0, 0.1) is 5.82 Å². The summed E-state index contributed by atoms with van der Waals surface area (Å²) in [6.07, 6.45) is 0.707. The van der Waals surface area contributed by atoms with Crippen LogP contribution in [0.5, 0.6) is 5.75 Å². The lowest BCUT2D eigenvalue weighted by atomic mass is 10.2. The second-order valence-corrected chi connectivity index (χ2v) is 4.69. The normalized spacial score (nSPS) is 10.5. The topological polar surface area (TPSA) is 61.0 Å². The number of benzene rings is 1. The van der Waals surface area contributed by atoms with Gasteiger partial charge in [0.2, 0.25) is 0 Å². The number of hydrogen-bond donors (Lipinski definition) is 1. The van der Waals surface area contributed by atoms with E-state index in [0.717, 1.165) is 5.69 Å². The van der Waals surface area contributed by atoms with E-state index in [9.17, 15) is 4.39 Å². The Kier molecular flexibility index (Phi) is 3.99. The molecular formula is C13H13BrFN3O. The van der Waals surface area contributed by atoms with Crippen molar-refractivity contribution < 1.29 is 9.13 Å². The van der Waals surface area contributed by atoms with Crippen molar-refractivity contribution in [1.29, 1.82) is 0 Å². The maximum absolute atomic E-state index is 13.7. The van der Waals surface area contributed by atoms with Crippen molar-refractivity contribution in [3.05, 3.63) is 34.2 Å². The van der Waals surface area contributed by atoms with Crippen molar-refractivity contribution in [1.82, 2.24) is 9.97 Å². The molecule has 0 saturated carbocycles. The van der Waals surface area contributed by atoms with Crippen molar-refractivity contribution in [2.45, 2.75) is 13.3 Å². The average molecular weight is 326 g/mol. The van der Waals surface area contributed by atoms with E-state index in [0.29, 0.717) is 28.1 Å². The molecule has 2 N–H and O–H groups in total. The van der Waals surface area contributed by atoms with Crippen LogP contribution in [0.2, 0.25) is 0 Å². The molecule has 6 heteroatoms. The molecule has 2 aromatic rings. The predicted molar refractivity (Wildman–Crippen MR) is 75.5 cm³/mol. The number of methoxy groups -OCH3 is 1. The predicted octanol–water partition coefficient (Wildman–Crippen LogP) is 3.20. The van der Waals surface area contributed by atoms with Crippen molar-refractivity contribution in [2.75, 3.05) is 12.8 Å². The Morgan fingerprint density at radius 3 is 2.68 bits per heavy atom. The fraction of sp³-hybridized carbons (Fsp3) is 0.231. The maximum Gasteiger partial charge on any atom is 0.165 e. The molecule has 0 aliphatic rings. The molecule has 0 bridgehead atoms. The summed E-state index contributed by atoms with van der Waals surface area (Å²) in [5.41, 5.74) is 7.16. The summed E-state index contributed by atoms with van der Waals surface area (Å²) < 4.78 is 19.2. The summed E-state index contributed by atoms with van der Waals surface area (Å²) in [5, 5.41) is 0. The number of nitrogens with two attached hydrogens (primary N) is 1. The molecule has 0 aliphatic carbocycles. The van der Waals surface area contributed by atoms with Crippen LogP contribution in [0.3, 0.4) is 0 Å². The molecule has 0 amide bonds. The first kappa shape index (κ1) is 13.7. The monoisotopic (exact) mass is 325 g/mol. The molecule has 100 valence electrons. The van der Waals surface area contributed by atoms with Crippen molar-refractivity contribution in [3.8, 4) is 17.1 Å². The van der Waals surface area contributed by atoms with Crippen molar-refractivity contribution in [3.63, 3.8) is 0 Å². The number of hydrogen-bond acceptors (Lipinski definition) is 4. The molecule has 4 nitrogen and oxygen atoms in total. The summed E-state index contributed by atoms with van der Waals surface area (Å²) in [6, 6.07) is 4.57. The second kappa shape index (κ2) is 5.52. The summed E-state index contributed by atoms with van der Waals surface area (Å²) in [7, 11) is 1.42. The number of nitrogens with zero attached hydrogens (tertiary/aromatic N) is 2. The van der Waals surface area contributed by atoms with Crippen LogP contribution in [0.4, 0.5) is 10.2 Å². The first-order valence-corrected chi connectivity index (χ1v) is 6.52. The van der Waals surface area contributed by atoms with E-state index in [-0.39, 0.29) is 5.75 Å². The van der Waals surface area contributed by atoms with Crippen LogP contribution in [0.1, 0.15) is 12.6 Å². The summed E-state index contributed by atoms with van der Waals surface area (Å²) in [6.45, 7) is 1.96. The lowest BCUT2D eigenvalue weighted by Crippen LogP contribution is -2.02. The molecule has 2 rings (SSSR count). The minimum atomic E-state index is -0.455. The Bertz CT molecular complexity index is 619. The number of aromatic nitrogens is 2. The Morgan fingerprint density at radius 2 is 2.11 bits per heavy atom. The lowest BCUT2D eigenvalue weighted by Gasteiger charge is -2.08. The molecule has 0 fully saturated rings. The zero-order chi connectivity index (χ0) is 14.0. The van der Waals surface area contributed by atoms with Gasteiger partial charge in [-0.2, -0.15) is 0 Å². The zero-order valence-electron chi connectivity index (χ0n) is 10.6. The van der Waals surface area contributed by atoms with Gasteiger partial charge in [0.1, 0.15) is 5.82 Å². The fourth-order valence-corrected chi connectivity index (χ4v) is 2.14. The van der Waals surface area contributed by atoms with Gasteiger partial charge in [-0.1, -0.05) is 6.92 Å². The highest BCUT2D eigenvalue weighted by Gasteiger charge is 2.12. The van der Waals surface area contributed by atoms with Crippen LogP contribution in [-0.4, -0.2) is 17.1 Å². The highest BCUT2D eigenvalue weighted by Crippen LogP contribution is 2.27. The number of aryl methyl sites for hydroxylation is 1. The fourth-order valence-electron chi connectivity index (χ4n) is 1.68. The molecule has 0 unspecified atom stereocenters. The van der Waals surface area contributed by atoms with E-state index in [1.807, 2.05) is 6.92 Å². The third-order valence-corrected chi connectivity index (χ3v) is 3.55.